The first kappa shape index (κ1) is 19.1. The zero-order valence-corrected chi connectivity index (χ0v) is 16.4. The van der Waals surface area contributed by atoms with Crippen LogP contribution in [0.3, 0.4) is 0 Å². The van der Waals surface area contributed by atoms with Gasteiger partial charge in [-0.05, 0) is 51.8 Å². The van der Waals surface area contributed by atoms with Gasteiger partial charge in [0, 0.05) is 37.2 Å². The Morgan fingerprint density at radius 1 is 1.18 bits per heavy atom. The van der Waals surface area contributed by atoms with Gasteiger partial charge in [-0.2, -0.15) is 0 Å². The molecule has 0 N–H and O–H groups in total. The highest BCUT2D eigenvalue weighted by Crippen LogP contribution is 2.40. The topological polar surface area (TPSA) is 36.7 Å². The highest BCUT2D eigenvalue weighted by Gasteiger charge is 2.43. The largest absolute Gasteiger partial charge is 0.466 e. The maximum absolute atomic E-state index is 14.1. The number of carbonyl (C=O) groups is 1. The molecule has 4 nitrogen and oxygen atoms in total. The van der Waals surface area contributed by atoms with Crippen molar-refractivity contribution < 1.29 is 18.0 Å². The van der Waals surface area contributed by atoms with E-state index < -0.39 is 11.6 Å². The molecular weight excluding hydrogens is 362 g/mol. The molecule has 1 atom stereocenters. The highest BCUT2D eigenvalue weighted by molar-refractivity contribution is 5.95. The van der Waals surface area contributed by atoms with E-state index >= 15 is 0 Å². The molecule has 2 fully saturated rings. The molecule has 2 saturated heterocycles. The van der Waals surface area contributed by atoms with E-state index in [9.17, 15) is 13.6 Å². The summed E-state index contributed by atoms with van der Waals surface area (Å²) in [6.45, 7) is 7.17. The summed E-state index contributed by atoms with van der Waals surface area (Å²) in [7, 11) is 0. The smallest absolute Gasteiger partial charge is 0.257 e. The number of carbonyl (C=O) groups excluding carboxylic acids is 1. The molecule has 2 aromatic rings. The molecule has 2 aliphatic rings. The van der Waals surface area contributed by atoms with Crippen LogP contribution in [0.5, 0.6) is 0 Å². The lowest BCUT2D eigenvalue weighted by Gasteiger charge is -2.40. The molecule has 1 aromatic heterocycles. The quantitative estimate of drug-likeness (QED) is 0.787. The molecule has 2 aliphatic heterocycles. The summed E-state index contributed by atoms with van der Waals surface area (Å²) in [5.74, 6) is -0.116. The summed E-state index contributed by atoms with van der Waals surface area (Å²) in [5.41, 5.74) is 1.07. The van der Waals surface area contributed by atoms with Crippen molar-refractivity contribution in [3.05, 3.63) is 58.5 Å². The van der Waals surface area contributed by atoms with Crippen molar-refractivity contribution >= 4 is 5.91 Å². The molecule has 150 valence electrons. The highest BCUT2D eigenvalue weighted by atomic mass is 19.2. The second kappa shape index (κ2) is 7.32. The number of amides is 1. The van der Waals surface area contributed by atoms with Gasteiger partial charge in [-0.15, -0.1) is 0 Å². The Bertz CT molecular complexity index is 895. The Hall–Kier alpha value is -2.21. The van der Waals surface area contributed by atoms with E-state index in [4.69, 9.17) is 4.42 Å². The minimum absolute atomic E-state index is 0.0273. The maximum atomic E-state index is 14.1. The zero-order valence-electron chi connectivity index (χ0n) is 16.4. The van der Waals surface area contributed by atoms with Gasteiger partial charge in [-0.25, -0.2) is 8.78 Å². The third kappa shape index (κ3) is 3.58. The summed E-state index contributed by atoms with van der Waals surface area (Å²) in [5, 5.41) is 0. The molecular formula is C22H26F2N2O2. The van der Waals surface area contributed by atoms with Crippen LogP contribution in [0.4, 0.5) is 8.78 Å². The molecule has 4 rings (SSSR count). The van der Waals surface area contributed by atoms with Gasteiger partial charge in [-0.1, -0.05) is 12.1 Å². The normalized spacial score (nSPS) is 22.9. The van der Waals surface area contributed by atoms with Crippen LogP contribution in [0.15, 0.2) is 28.7 Å². The van der Waals surface area contributed by atoms with E-state index in [-0.39, 0.29) is 11.3 Å². The van der Waals surface area contributed by atoms with Crippen molar-refractivity contribution in [3.8, 4) is 0 Å². The fourth-order valence-corrected chi connectivity index (χ4v) is 4.81. The third-order valence-electron chi connectivity index (χ3n) is 6.16. The van der Waals surface area contributed by atoms with Crippen LogP contribution in [0, 0.1) is 30.9 Å². The van der Waals surface area contributed by atoms with Crippen molar-refractivity contribution in [2.45, 2.75) is 39.7 Å². The Kier molecular flexibility index (Phi) is 5.00. The van der Waals surface area contributed by atoms with E-state index in [0.717, 1.165) is 50.7 Å². The Morgan fingerprint density at radius 2 is 2.00 bits per heavy atom. The maximum Gasteiger partial charge on any atom is 0.257 e. The predicted molar refractivity (Wildman–Crippen MR) is 102 cm³/mol. The van der Waals surface area contributed by atoms with Crippen LogP contribution in [-0.4, -0.2) is 41.9 Å². The van der Waals surface area contributed by atoms with Crippen molar-refractivity contribution in [2.75, 3.05) is 26.2 Å². The Labute approximate surface area is 164 Å². The van der Waals surface area contributed by atoms with Crippen molar-refractivity contribution in [3.63, 3.8) is 0 Å². The summed E-state index contributed by atoms with van der Waals surface area (Å²) < 4.78 is 33.1. The standard InChI is InChI=1S/C22H26F2N2O2/c1-15-11-18(16(2)28-15)21(27)26-10-8-22(14-26)7-4-9-25(13-22)12-17-5-3-6-19(23)20(17)24/h3,5-6,11H,4,7-10,12-14H2,1-2H3/t22-/m1/s1. The number of piperidine rings is 1. The fourth-order valence-electron chi connectivity index (χ4n) is 4.81. The summed E-state index contributed by atoms with van der Waals surface area (Å²) >= 11 is 0. The molecule has 1 spiro atoms. The van der Waals surface area contributed by atoms with Gasteiger partial charge < -0.3 is 9.32 Å². The molecule has 0 unspecified atom stereocenters. The number of furan rings is 1. The summed E-state index contributed by atoms with van der Waals surface area (Å²) in [6, 6.07) is 6.16. The van der Waals surface area contributed by atoms with E-state index in [1.807, 2.05) is 24.8 Å². The van der Waals surface area contributed by atoms with Gasteiger partial charge in [0.05, 0.1) is 5.56 Å². The lowest BCUT2D eigenvalue weighted by molar-refractivity contribution is 0.0671. The number of aryl methyl sites for hydroxylation is 2. The Balaban J connectivity index is 1.45. The second-order valence-electron chi connectivity index (χ2n) is 8.33. The monoisotopic (exact) mass is 388 g/mol. The van der Waals surface area contributed by atoms with Crippen LogP contribution in [0.2, 0.25) is 0 Å². The van der Waals surface area contributed by atoms with Gasteiger partial charge in [0.2, 0.25) is 0 Å². The van der Waals surface area contributed by atoms with Gasteiger partial charge in [0.25, 0.3) is 5.91 Å². The fraction of sp³-hybridized carbons (Fsp3) is 0.500. The molecule has 1 amide bonds. The number of benzene rings is 1. The van der Waals surface area contributed by atoms with Crippen LogP contribution >= 0.6 is 0 Å². The van der Waals surface area contributed by atoms with Crippen LogP contribution in [0.1, 0.15) is 46.7 Å². The number of hydrogen-bond donors (Lipinski definition) is 0. The first-order chi connectivity index (χ1) is 13.4. The summed E-state index contributed by atoms with van der Waals surface area (Å²) in [6.07, 6.45) is 3.00. The molecule has 0 aliphatic carbocycles. The number of halogens is 2. The second-order valence-corrected chi connectivity index (χ2v) is 8.33. The van der Waals surface area contributed by atoms with Gasteiger partial charge in [0.1, 0.15) is 11.5 Å². The lowest BCUT2D eigenvalue weighted by atomic mass is 9.79. The molecule has 1 aromatic carbocycles. The number of nitrogens with zero attached hydrogens (tertiary/aromatic N) is 2. The molecule has 0 saturated carbocycles. The van der Waals surface area contributed by atoms with Gasteiger partial charge in [-0.3, -0.25) is 9.69 Å². The van der Waals surface area contributed by atoms with Crippen LogP contribution < -0.4 is 0 Å². The minimum Gasteiger partial charge on any atom is -0.466 e. The van der Waals surface area contributed by atoms with Crippen molar-refractivity contribution in [1.82, 2.24) is 9.80 Å². The van der Waals surface area contributed by atoms with Crippen molar-refractivity contribution in [2.24, 2.45) is 5.41 Å². The van der Waals surface area contributed by atoms with Crippen molar-refractivity contribution in [1.29, 1.82) is 0 Å². The first-order valence-corrected chi connectivity index (χ1v) is 9.88. The predicted octanol–water partition coefficient (Wildman–Crippen LogP) is 4.30. The Morgan fingerprint density at radius 3 is 2.75 bits per heavy atom. The van der Waals surface area contributed by atoms with E-state index in [2.05, 4.69) is 4.90 Å². The first-order valence-electron chi connectivity index (χ1n) is 9.88. The molecule has 3 heterocycles. The van der Waals surface area contributed by atoms with Crippen LogP contribution in [-0.2, 0) is 6.54 Å². The number of hydrogen-bond acceptors (Lipinski definition) is 3. The lowest BCUT2D eigenvalue weighted by Crippen LogP contribution is -2.45. The SMILES string of the molecule is Cc1cc(C(=O)N2CC[C@@]3(CCCN(Cc4cccc(F)c4F)C3)C2)c(C)o1. The van der Waals surface area contributed by atoms with Crippen LogP contribution in [0.25, 0.3) is 0 Å². The molecule has 6 heteroatoms. The molecule has 28 heavy (non-hydrogen) atoms. The van der Waals surface area contributed by atoms with Gasteiger partial charge >= 0.3 is 0 Å². The minimum atomic E-state index is -0.798. The average Bonchev–Trinajstić information content (AvgIpc) is 3.21. The molecule has 0 radical (unpaired) electrons. The van der Waals surface area contributed by atoms with E-state index in [1.54, 1.807) is 12.1 Å². The van der Waals surface area contributed by atoms with E-state index in [0.29, 0.717) is 30.0 Å². The zero-order chi connectivity index (χ0) is 19.9. The van der Waals surface area contributed by atoms with Gasteiger partial charge in [0.15, 0.2) is 11.6 Å². The number of rotatable bonds is 3. The van der Waals surface area contributed by atoms with E-state index in [1.165, 1.54) is 0 Å². The molecule has 0 bridgehead atoms. The summed E-state index contributed by atoms with van der Waals surface area (Å²) in [4.78, 5) is 17.0. The average molecular weight is 388 g/mol. The third-order valence-corrected chi connectivity index (χ3v) is 6.16. The number of likely N-dealkylation sites (tertiary alicyclic amines) is 2.